The van der Waals surface area contributed by atoms with E-state index in [1.54, 1.807) is 12.1 Å². The van der Waals surface area contributed by atoms with Crippen molar-refractivity contribution in [2.45, 2.75) is 59.2 Å². The molecule has 0 unspecified atom stereocenters. The number of hydrogen-bond donors (Lipinski definition) is 1. The Morgan fingerprint density at radius 1 is 0.946 bits per heavy atom. The maximum Gasteiger partial charge on any atom is 0.244 e. The number of hydrogen-bond acceptors (Lipinski definition) is 4. The van der Waals surface area contributed by atoms with Crippen molar-refractivity contribution in [3.8, 4) is 0 Å². The Labute approximate surface area is 220 Å². The van der Waals surface area contributed by atoms with Crippen LogP contribution in [-0.4, -0.2) is 50.0 Å². The number of nitrogens with one attached hydrogen (secondary N) is 1. The quantitative estimate of drug-likeness (QED) is 0.397. The van der Waals surface area contributed by atoms with Gasteiger partial charge < -0.3 is 10.2 Å². The van der Waals surface area contributed by atoms with Gasteiger partial charge >= 0.3 is 0 Å². The summed E-state index contributed by atoms with van der Waals surface area (Å²) in [7, 11) is -3.81. The minimum atomic E-state index is -3.81. The molecule has 0 heterocycles. The average molecular weight is 524 g/mol. The SMILES string of the molecule is CC[C@@H](C)NC(=O)[C@H](CC)N(Cc1cccc(C)c1)C(=O)CN(c1cccc2ccccc12)S(C)(=O)=O. The van der Waals surface area contributed by atoms with E-state index >= 15 is 0 Å². The van der Waals surface area contributed by atoms with Crippen molar-refractivity contribution in [3.05, 3.63) is 77.9 Å². The molecule has 1 N–H and O–H groups in total. The van der Waals surface area contributed by atoms with Crippen molar-refractivity contribution in [1.29, 1.82) is 0 Å². The van der Waals surface area contributed by atoms with Crippen LogP contribution in [0.3, 0.4) is 0 Å². The third-order valence-corrected chi connectivity index (χ3v) is 7.66. The summed E-state index contributed by atoms with van der Waals surface area (Å²) in [6.07, 6.45) is 2.25. The van der Waals surface area contributed by atoms with Crippen LogP contribution in [0.5, 0.6) is 0 Å². The molecule has 3 aromatic carbocycles. The number of anilines is 1. The summed E-state index contributed by atoms with van der Waals surface area (Å²) in [5.74, 6) is -0.681. The third kappa shape index (κ3) is 7.10. The number of fused-ring (bicyclic) bond motifs is 1. The van der Waals surface area contributed by atoms with Gasteiger partial charge in [0.25, 0.3) is 0 Å². The van der Waals surface area contributed by atoms with Crippen molar-refractivity contribution in [2.75, 3.05) is 17.1 Å². The van der Waals surface area contributed by atoms with Gasteiger partial charge in [-0.2, -0.15) is 0 Å². The second-order valence-corrected chi connectivity index (χ2v) is 11.4. The first-order valence-corrected chi connectivity index (χ1v) is 14.5. The Kier molecular flexibility index (Phi) is 9.32. The lowest BCUT2D eigenvalue weighted by molar-refractivity contribution is -0.140. The minimum absolute atomic E-state index is 0.0410. The van der Waals surface area contributed by atoms with Gasteiger partial charge in [0.2, 0.25) is 21.8 Å². The molecule has 0 saturated heterocycles. The number of sulfonamides is 1. The van der Waals surface area contributed by atoms with E-state index in [1.807, 2.05) is 82.3 Å². The minimum Gasteiger partial charge on any atom is -0.352 e. The molecule has 0 aromatic heterocycles. The highest BCUT2D eigenvalue weighted by Gasteiger charge is 2.32. The fraction of sp³-hybridized carbons (Fsp3) is 0.379. The Morgan fingerprint density at radius 3 is 2.27 bits per heavy atom. The number of aryl methyl sites for hydroxylation is 1. The van der Waals surface area contributed by atoms with Gasteiger partial charge in [0.1, 0.15) is 12.6 Å². The maximum absolute atomic E-state index is 13.9. The Hall–Kier alpha value is -3.39. The van der Waals surface area contributed by atoms with E-state index < -0.39 is 28.5 Å². The van der Waals surface area contributed by atoms with Gasteiger partial charge in [-0.25, -0.2) is 8.42 Å². The van der Waals surface area contributed by atoms with E-state index in [0.717, 1.165) is 38.9 Å². The largest absolute Gasteiger partial charge is 0.352 e. The smallest absolute Gasteiger partial charge is 0.244 e. The molecule has 0 saturated carbocycles. The topological polar surface area (TPSA) is 86.8 Å². The van der Waals surface area contributed by atoms with Crippen LogP contribution in [0, 0.1) is 6.92 Å². The van der Waals surface area contributed by atoms with Crippen molar-refractivity contribution < 1.29 is 18.0 Å². The summed E-state index contributed by atoms with van der Waals surface area (Å²) >= 11 is 0. The number of rotatable bonds is 11. The maximum atomic E-state index is 13.9. The highest BCUT2D eigenvalue weighted by molar-refractivity contribution is 7.92. The molecular weight excluding hydrogens is 486 g/mol. The number of amides is 2. The van der Waals surface area contributed by atoms with Gasteiger partial charge in [-0.15, -0.1) is 0 Å². The lowest BCUT2D eigenvalue weighted by Crippen LogP contribution is -2.53. The van der Waals surface area contributed by atoms with Crippen LogP contribution in [-0.2, 0) is 26.2 Å². The summed E-state index contributed by atoms with van der Waals surface area (Å²) in [5.41, 5.74) is 2.34. The predicted octanol–water partition coefficient (Wildman–Crippen LogP) is 4.64. The second kappa shape index (κ2) is 12.2. The Bertz CT molecular complexity index is 1350. The summed E-state index contributed by atoms with van der Waals surface area (Å²) in [6, 6.07) is 19.8. The monoisotopic (exact) mass is 523 g/mol. The number of nitrogens with zero attached hydrogens (tertiary/aromatic N) is 2. The van der Waals surface area contributed by atoms with E-state index in [-0.39, 0.29) is 18.5 Å². The lowest BCUT2D eigenvalue weighted by Gasteiger charge is -2.33. The first-order chi connectivity index (χ1) is 17.5. The molecule has 0 bridgehead atoms. The second-order valence-electron chi connectivity index (χ2n) is 9.52. The van der Waals surface area contributed by atoms with Crippen LogP contribution in [0.4, 0.5) is 5.69 Å². The lowest BCUT2D eigenvalue weighted by atomic mass is 10.1. The molecule has 2 amide bonds. The van der Waals surface area contributed by atoms with Crippen molar-refractivity contribution >= 4 is 38.3 Å². The summed E-state index contributed by atoms with van der Waals surface area (Å²) < 4.78 is 27.1. The third-order valence-electron chi connectivity index (χ3n) is 6.54. The van der Waals surface area contributed by atoms with Crippen molar-refractivity contribution in [2.24, 2.45) is 0 Å². The van der Waals surface area contributed by atoms with Crippen molar-refractivity contribution in [1.82, 2.24) is 10.2 Å². The van der Waals surface area contributed by atoms with Gasteiger partial charge in [-0.1, -0.05) is 80.1 Å². The number of carbonyl (C=O) groups excluding carboxylic acids is 2. The van der Waals surface area contributed by atoms with Crippen LogP contribution >= 0.6 is 0 Å². The van der Waals surface area contributed by atoms with E-state index in [1.165, 1.54) is 4.90 Å². The van der Waals surface area contributed by atoms with E-state index in [0.29, 0.717) is 12.1 Å². The van der Waals surface area contributed by atoms with E-state index in [9.17, 15) is 18.0 Å². The van der Waals surface area contributed by atoms with Gasteiger partial charge in [-0.3, -0.25) is 13.9 Å². The summed E-state index contributed by atoms with van der Waals surface area (Å²) in [4.78, 5) is 28.6. The van der Waals surface area contributed by atoms with E-state index in [4.69, 9.17) is 0 Å². The van der Waals surface area contributed by atoms with Crippen LogP contribution in [0.2, 0.25) is 0 Å². The highest BCUT2D eigenvalue weighted by atomic mass is 32.2. The molecule has 0 aliphatic carbocycles. The number of benzene rings is 3. The standard InChI is InChI=1S/C29H37N3O4S/c1-6-22(4)30-29(34)26(7-2)31(19-23-13-10-12-21(3)18-23)28(33)20-32(37(5,35)36)27-17-11-15-24-14-8-9-16-25(24)27/h8-18,22,26H,6-7,19-20H2,1-5H3,(H,30,34)/t22-,26+/m1/s1. The molecular formula is C29H37N3O4S. The fourth-order valence-corrected chi connectivity index (χ4v) is 5.25. The zero-order valence-electron chi connectivity index (χ0n) is 22.3. The summed E-state index contributed by atoms with van der Waals surface area (Å²) in [6.45, 7) is 7.51. The Morgan fingerprint density at radius 2 is 1.62 bits per heavy atom. The molecule has 0 spiro atoms. The van der Waals surface area contributed by atoms with Crippen molar-refractivity contribution in [3.63, 3.8) is 0 Å². The van der Waals surface area contributed by atoms with E-state index in [2.05, 4.69) is 5.32 Å². The molecule has 37 heavy (non-hydrogen) atoms. The van der Waals surface area contributed by atoms with Gasteiger partial charge in [0.15, 0.2) is 0 Å². The van der Waals surface area contributed by atoms with Crippen LogP contribution < -0.4 is 9.62 Å². The fourth-order valence-electron chi connectivity index (χ4n) is 4.39. The molecule has 3 rings (SSSR count). The van der Waals surface area contributed by atoms with Gasteiger partial charge in [0.05, 0.1) is 11.9 Å². The molecule has 3 aromatic rings. The number of carbonyl (C=O) groups is 2. The molecule has 0 aliphatic rings. The molecule has 0 radical (unpaired) electrons. The average Bonchev–Trinajstić information content (AvgIpc) is 2.86. The first-order valence-electron chi connectivity index (χ1n) is 12.7. The summed E-state index contributed by atoms with van der Waals surface area (Å²) in [5, 5.41) is 4.59. The molecule has 7 nitrogen and oxygen atoms in total. The normalized spacial score (nSPS) is 13.1. The Balaban J connectivity index is 2.02. The zero-order chi connectivity index (χ0) is 27.2. The van der Waals surface area contributed by atoms with Crippen LogP contribution in [0.1, 0.15) is 44.7 Å². The molecule has 198 valence electrons. The zero-order valence-corrected chi connectivity index (χ0v) is 23.1. The van der Waals surface area contributed by atoms with Crippen LogP contribution in [0.15, 0.2) is 66.7 Å². The molecule has 0 aliphatic heterocycles. The van der Waals surface area contributed by atoms with Gasteiger partial charge in [0, 0.05) is 18.0 Å². The molecule has 0 fully saturated rings. The van der Waals surface area contributed by atoms with Crippen LogP contribution in [0.25, 0.3) is 10.8 Å². The van der Waals surface area contributed by atoms with Gasteiger partial charge in [-0.05, 0) is 43.7 Å². The first kappa shape index (κ1) is 28.2. The molecule has 2 atom stereocenters. The highest BCUT2D eigenvalue weighted by Crippen LogP contribution is 2.29. The predicted molar refractivity (Wildman–Crippen MR) is 150 cm³/mol. The molecule has 8 heteroatoms.